The number of ether oxygens (including phenoxy) is 2. The van der Waals surface area contributed by atoms with Crippen LogP contribution in [-0.4, -0.2) is 18.7 Å². The lowest BCUT2D eigenvalue weighted by Gasteiger charge is -2.19. The van der Waals surface area contributed by atoms with E-state index in [1.54, 1.807) is 0 Å². The molecule has 0 aromatic heterocycles. The molecule has 0 saturated heterocycles. The largest absolute Gasteiger partial charge is 0.459 e. The summed E-state index contributed by atoms with van der Waals surface area (Å²) in [6.45, 7) is 9.67. The predicted molar refractivity (Wildman–Crippen MR) is 208 cm³/mol. The second-order valence-electron chi connectivity index (χ2n) is 14.4. The molecule has 0 amide bonds. The van der Waals surface area contributed by atoms with Gasteiger partial charge in [-0.3, -0.25) is 0 Å². The first-order chi connectivity index (χ1) is 23.6. The van der Waals surface area contributed by atoms with Crippen LogP contribution in [0.15, 0.2) is 48.5 Å². The fourth-order valence-electron chi connectivity index (χ4n) is 6.80. The number of hydrogen-bond donors (Lipinski definition) is 0. The molecule has 2 aromatic rings. The first-order valence-corrected chi connectivity index (χ1v) is 20.6. The summed E-state index contributed by atoms with van der Waals surface area (Å²) in [6, 6.07) is 16.4. The van der Waals surface area contributed by atoms with E-state index in [4.69, 9.17) is 9.47 Å². The molecular weight excluding hydrogens is 588 g/mol. The molecule has 0 aliphatic heterocycles. The molecule has 2 atom stereocenters. The molecule has 2 rings (SSSR count). The van der Waals surface area contributed by atoms with Gasteiger partial charge in [-0.15, -0.1) is 0 Å². The number of esters is 1. The molecular formula is C45H74O3. The first-order valence-electron chi connectivity index (χ1n) is 20.6. The van der Waals surface area contributed by atoms with Gasteiger partial charge in [0.05, 0.1) is 11.7 Å². The van der Waals surface area contributed by atoms with Crippen molar-refractivity contribution in [2.24, 2.45) is 0 Å². The maximum Gasteiger partial charge on any atom is 0.339 e. The van der Waals surface area contributed by atoms with Gasteiger partial charge in [-0.2, -0.15) is 0 Å². The number of unbranched alkanes of at least 4 members (excludes halogenated alkanes) is 20. The van der Waals surface area contributed by atoms with Gasteiger partial charge in [0, 0.05) is 6.61 Å². The van der Waals surface area contributed by atoms with Gasteiger partial charge in [0.15, 0.2) is 0 Å². The van der Waals surface area contributed by atoms with Gasteiger partial charge in [-0.25, -0.2) is 4.79 Å². The van der Waals surface area contributed by atoms with Gasteiger partial charge >= 0.3 is 5.97 Å². The summed E-state index contributed by atoms with van der Waals surface area (Å²) >= 11 is 0. The van der Waals surface area contributed by atoms with Gasteiger partial charge in [0.25, 0.3) is 0 Å². The van der Waals surface area contributed by atoms with Crippen molar-refractivity contribution in [1.29, 1.82) is 0 Å². The zero-order chi connectivity index (χ0) is 34.5. The van der Waals surface area contributed by atoms with Gasteiger partial charge in [-0.05, 0) is 55.4 Å². The average Bonchev–Trinajstić information content (AvgIpc) is 3.11. The standard InChI is InChI=1S/C45H74O3/c1-5-8-10-12-14-15-16-17-18-19-20-21-22-23-25-29-38-47-39(4)40-34-36-41(37-35-40)43-32-27-28-33-44(43)45(46)48-42(30-7-3)31-26-24-13-11-9-6-2/h27-28,32-37,39,42H,5-26,29-31,38H2,1-4H3. The molecule has 2 unspecified atom stereocenters. The summed E-state index contributed by atoms with van der Waals surface area (Å²) in [6.07, 6.45) is 32.6. The molecule has 48 heavy (non-hydrogen) atoms. The number of rotatable bonds is 31. The molecule has 0 N–H and O–H groups in total. The van der Waals surface area contributed by atoms with E-state index in [1.807, 2.05) is 24.3 Å². The number of benzene rings is 2. The van der Waals surface area contributed by atoms with Crippen LogP contribution in [0.25, 0.3) is 11.1 Å². The van der Waals surface area contributed by atoms with Gasteiger partial charge < -0.3 is 9.47 Å². The summed E-state index contributed by atoms with van der Waals surface area (Å²) in [7, 11) is 0. The Morgan fingerprint density at radius 3 is 1.54 bits per heavy atom. The Bertz CT molecular complexity index is 1030. The van der Waals surface area contributed by atoms with Crippen LogP contribution < -0.4 is 0 Å². The molecule has 0 aliphatic carbocycles. The molecule has 3 heteroatoms. The summed E-state index contributed by atoms with van der Waals surface area (Å²) in [5.74, 6) is -0.199. The minimum Gasteiger partial charge on any atom is -0.459 e. The number of carbonyl (C=O) groups is 1. The third-order valence-corrected chi connectivity index (χ3v) is 9.97. The van der Waals surface area contributed by atoms with Crippen molar-refractivity contribution in [2.45, 2.75) is 200 Å². The Hall–Kier alpha value is -2.13. The highest BCUT2D eigenvalue weighted by atomic mass is 16.5. The van der Waals surface area contributed by atoms with E-state index < -0.39 is 0 Å². The molecule has 3 nitrogen and oxygen atoms in total. The number of hydrogen-bond acceptors (Lipinski definition) is 3. The quantitative estimate of drug-likeness (QED) is 0.0595. The van der Waals surface area contributed by atoms with Crippen molar-refractivity contribution in [2.75, 3.05) is 6.61 Å². The van der Waals surface area contributed by atoms with Crippen molar-refractivity contribution in [1.82, 2.24) is 0 Å². The summed E-state index contributed by atoms with van der Waals surface area (Å²) in [5.41, 5.74) is 3.81. The van der Waals surface area contributed by atoms with Crippen LogP contribution in [0.2, 0.25) is 0 Å². The van der Waals surface area contributed by atoms with E-state index in [1.165, 1.54) is 134 Å². The lowest BCUT2D eigenvalue weighted by atomic mass is 9.97. The zero-order valence-corrected chi connectivity index (χ0v) is 31.9. The van der Waals surface area contributed by atoms with Crippen molar-refractivity contribution >= 4 is 5.97 Å². The van der Waals surface area contributed by atoms with Crippen LogP contribution in [0.4, 0.5) is 0 Å². The highest BCUT2D eigenvalue weighted by Gasteiger charge is 2.19. The Morgan fingerprint density at radius 1 is 0.542 bits per heavy atom. The SMILES string of the molecule is CCCCCCCCCCCCCCCCCCOC(C)c1ccc(-c2ccccc2C(=O)OC(CCC)CCCCCCCC)cc1. The molecule has 0 spiro atoms. The molecule has 0 bridgehead atoms. The van der Waals surface area contributed by atoms with Crippen molar-refractivity contribution in [3.8, 4) is 11.1 Å². The van der Waals surface area contributed by atoms with Crippen LogP contribution >= 0.6 is 0 Å². The molecule has 0 heterocycles. The van der Waals surface area contributed by atoms with Crippen LogP contribution in [0, 0.1) is 0 Å². The smallest absolute Gasteiger partial charge is 0.339 e. The normalized spacial score (nSPS) is 12.7. The minimum atomic E-state index is -0.199. The van der Waals surface area contributed by atoms with Gasteiger partial charge in [0.2, 0.25) is 0 Å². The lowest BCUT2D eigenvalue weighted by molar-refractivity contribution is 0.0254. The molecule has 0 fully saturated rings. The van der Waals surface area contributed by atoms with Crippen LogP contribution in [-0.2, 0) is 9.47 Å². The topological polar surface area (TPSA) is 35.5 Å². The highest BCUT2D eigenvalue weighted by molar-refractivity contribution is 5.97. The fraction of sp³-hybridized carbons (Fsp3) is 0.711. The zero-order valence-electron chi connectivity index (χ0n) is 31.9. The van der Waals surface area contributed by atoms with Gasteiger partial charge in [-0.1, -0.05) is 198 Å². The highest BCUT2D eigenvalue weighted by Crippen LogP contribution is 2.28. The van der Waals surface area contributed by atoms with Gasteiger partial charge in [0.1, 0.15) is 6.10 Å². The second-order valence-corrected chi connectivity index (χ2v) is 14.4. The van der Waals surface area contributed by atoms with E-state index in [0.29, 0.717) is 5.56 Å². The van der Waals surface area contributed by atoms with Crippen LogP contribution in [0.3, 0.4) is 0 Å². The molecule has 272 valence electrons. The first kappa shape index (κ1) is 42.0. The summed E-state index contributed by atoms with van der Waals surface area (Å²) in [5, 5.41) is 0. The lowest BCUT2D eigenvalue weighted by Crippen LogP contribution is -2.19. The van der Waals surface area contributed by atoms with Crippen molar-refractivity contribution in [3.05, 3.63) is 59.7 Å². The minimum absolute atomic E-state index is 0.00326. The predicted octanol–water partition coefficient (Wildman–Crippen LogP) is 14.8. The third kappa shape index (κ3) is 19.2. The van der Waals surface area contributed by atoms with Crippen LogP contribution in [0.1, 0.15) is 210 Å². The van der Waals surface area contributed by atoms with E-state index >= 15 is 0 Å². The maximum atomic E-state index is 13.4. The summed E-state index contributed by atoms with van der Waals surface area (Å²) < 4.78 is 12.3. The van der Waals surface area contributed by atoms with E-state index in [9.17, 15) is 4.79 Å². The van der Waals surface area contributed by atoms with E-state index in [2.05, 4.69) is 52.0 Å². The van der Waals surface area contributed by atoms with Crippen LogP contribution in [0.5, 0.6) is 0 Å². The molecule has 0 saturated carbocycles. The third-order valence-electron chi connectivity index (χ3n) is 9.97. The molecule has 0 radical (unpaired) electrons. The Kier molecular flexibility index (Phi) is 25.1. The Morgan fingerprint density at radius 2 is 1.02 bits per heavy atom. The van der Waals surface area contributed by atoms with E-state index in [0.717, 1.165) is 49.8 Å². The van der Waals surface area contributed by atoms with E-state index in [-0.39, 0.29) is 18.2 Å². The Balaban J connectivity index is 1.65. The maximum absolute atomic E-state index is 13.4. The second kappa shape index (κ2) is 28.7. The monoisotopic (exact) mass is 663 g/mol. The number of carbonyl (C=O) groups excluding carboxylic acids is 1. The Labute approximate surface area is 297 Å². The average molecular weight is 663 g/mol. The van der Waals surface area contributed by atoms with Crippen molar-refractivity contribution in [3.63, 3.8) is 0 Å². The molecule has 0 aliphatic rings. The summed E-state index contributed by atoms with van der Waals surface area (Å²) in [4.78, 5) is 13.4. The van der Waals surface area contributed by atoms with Crippen molar-refractivity contribution < 1.29 is 14.3 Å². The molecule has 2 aromatic carbocycles. The fourth-order valence-corrected chi connectivity index (χ4v) is 6.80.